The monoisotopic (exact) mass is 404 g/mol. The lowest BCUT2D eigenvalue weighted by Gasteiger charge is -2.32. The molecular formula is C15H15F3N4O4S. The molecule has 3 rings (SSSR count). The number of halogens is 3. The largest absolute Gasteiger partial charge is 0.501 e. The molecule has 0 saturated carbocycles. The predicted molar refractivity (Wildman–Crippen MR) is 89.1 cm³/mol. The van der Waals surface area contributed by atoms with E-state index in [1.165, 1.54) is 0 Å². The van der Waals surface area contributed by atoms with E-state index in [0.717, 1.165) is 17.8 Å². The number of piperidine rings is 1. The third kappa shape index (κ3) is 3.61. The van der Waals surface area contributed by atoms with E-state index in [2.05, 4.69) is 10.2 Å². The minimum absolute atomic E-state index is 0.101. The second kappa shape index (κ2) is 6.83. The maximum absolute atomic E-state index is 12.7. The highest BCUT2D eigenvalue weighted by atomic mass is 32.2. The van der Waals surface area contributed by atoms with Crippen LogP contribution in [0.1, 0.15) is 24.5 Å². The summed E-state index contributed by atoms with van der Waals surface area (Å²) in [6.45, 7) is 0.881. The van der Waals surface area contributed by atoms with Crippen LogP contribution in [0.25, 0.3) is 0 Å². The quantitative estimate of drug-likeness (QED) is 0.620. The fourth-order valence-corrected chi connectivity index (χ4v) is 3.92. The molecule has 1 N–H and O–H groups in total. The van der Waals surface area contributed by atoms with Gasteiger partial charge in [-0.1, -0.05) is 0 Å². The Morgan fingerprint density at radius 1 is 1.22 bits per heavy atom. The smallest absolute Gasteiger partial charge is 0.366 e. The average Bonchev–Trinajstić information content (AvgIpc) is 3.15. The number of H-pyrrole nitrogens is 1. The van der Waals surface area contributed by atoms with Gasteiger partial charge in [0, 0.05) is 37.0 Å². The number of nitro groups is 1. The number of anilines is 1. The van der Waals surface area contributed by atoms with Gasteiger partial charge in [0.05, 0.1) is 9.82 Å². The van der Waals surface area contributed by atoms with Gasteiger partial charge in [-0.15, -0.1) is 0 Å². The van der Waals surface area contributed by atoms with Crippen LogP contribution in [0.4, 0.5) is 24.5 Å². The van der Waals surface area contributed by atoms with Crippen LogP contribution in [0.3, 0.4) is 0 Å². The van der Waals surface area contributed by atoms with Crippen molar-refractivity contribution in [2.45, 2.75) is 29.2 Å². The van der Waals surface area contributed by atoms with Gasteiger partial charge in [0.15, 0.2) is 0 Å². The van der Waals surface area contributed by atoms with Crippen molar-refractivity contribution in [1.29, 1.82) is 0 Å². The molecule has 2 aromatic rings. The number of aromatic amines is 1. The number of nitro benzene ring substituents is 1. The maximum Gasteiger partial charge on any atom is 0.501 e. The molecule has 0 atom stereocenters. The highest BCUT2D eigenvalue weighted by Gasteiger charge is 2.47. The molecule has 0 bridgehead atoms. The molecule has 1 aromatic carbocycles. The summed E-state index contributed by atoms with van der Waals surface area (Å²) >= 11 is 0. The number of sulfone groups is 1. The number of aromatic nitrogens is 2. The second-order valence-electron chi connectivity index (χ2n) is 6.13. The zero-order valence-electron chi connectivity index (χ0n) is 13.8. The first-order valence-electron chi connectivity index (χ1n) is 7.95. The minimum atomic E-state index is -5.65. The number of hydrogen-bond acceptors (Lipinski definition) is 6. The highest BCUT2D eigenvalue weighted by Crippen LogP contribution is 2.38. The van der Waals surface area contributed by atoms with Crippen molar-refractivity contribution in [3.63, 3.8) is 0 Å². The van der Waals surface area contributed by atoms with Crippen LogP contribution < -0.4 is 4.90 Å². The topological polar surface area (TPSA) is 109 Å². The van der Waals surface area contributed by atoms with Crippen LogP contribution >= 0.6 is 0 Å². The van der Waals surface area contributed by atoms with E-state index in [-0.39, 0.29) is 11.6 Å². The first kappa shape index (κ1) is 19.1. The molecule has 1 saturated heterocycles. The number of hydrogen-bond donors (Lipinski definition) is 1. The van der Waals surface area contributed by atoms with Crippen molar-refractivity contribution in [2.75, 3.05) is 18.0 Å². The Bertz CT molecular complexity index is 936. The lowest BCUT2D eigenvalue weighted by atomic mass is 9.93. The number of alkyl halides is 3. The summed E-state index contributed by atoms with van der Waals surface area (Å²) in [5.41, 5.74) is -5.13. The van der Waals surface area contributed by atoms with E-state index >= 15 is 0 Å². The zero-order chi connectivity index (χ0) is 19.8. The van der Waals surface area contributed by atoms with Crippen molar-refractivity contribution >= 4 is 21.2 Å². The summed E-state index contributed by atoms with van der Waals surface area (Å²) in [5, 5.41) is 18.1. The SMILES string of the molecule is O=[N+]([O-])c1cc(S(=O)(=O)C(F)(F)F)ccc1N1CCC(c2ccn[nH]2)CC1. The molecule has 2 heterocycles. The van der Waals surface area contributed by atoms with Gasteiger partial charge >= 0.3 is 5.51 Å². The predicted octanol–water partition coefficient (Wildman–Crippen LogP) is 3.00. The summed E-state index contributed by atoms with van der Waals surface area (Å²) in [5.74, 6) is 0.202. The first-order valence-corrected chi connectivity index (χ1v) is 9.43. The van der Waals surface area contributed by atoms with Gasteiger partial charge in [-0.3, -0.25) is 15.2 Å². The van der Waals surface area contributed by atoms with Gasteiger partial charge in [-0.05, 0) is 31.0 Å². The van der Waals surface area contributed by atoms with Crippen LogP contribution in [0.2, 0.25) is 0 Å². The Hall–Kier alpha value is -2.63. The molecular weight excluding hydrogens is 389 g/mol. The Morgan fingerprint density at radius 3 is 2.41 bits per heavy atom. The summed E-state index contributed by atoms with van der Waals surface area (Å²) < 4.78 is 61.2. The van der Waals surface area contributed by atoms with Gasteiger partial charge in [-0.2, -0.15) is 18.3 Å². The van der Waals surface area contributed by atoms with Gasteiger partial charge in [0.2, 0.25) is 0 Å². The van der Waals surface area contributed by atoms with Crippen LogP contribution in [0.5, 0.6) is 0 Å². The fourth-order valence-electron chi connectivity index (χ4n) is 3.14. The molecule has 8 nitrogen and oxygen atoms in total. The normalized spacial score (nSPS) is 16.5. The maximum atomic E-state index is 12.7. The molecule has 0 aliphatic carbocycles. The molecule has 1 fully saturated rings. The third-order valence-corrected chi connectivity index (χ3v) is 6.04. The van der Waals surface area contributed by atoms with Gasteiger partial charge < -0.3 is 4.90 Å². The summed E-state index contributed by atoms with van der Waals surface area (Å²) in [4.78, 5) is 11.0. The molecule has 0 unspecified atom stereocenters. The van der Waals surface area contributed by atoms with E-state index < -0.39 is 30.9 Å². The van der Waals surface area contributed by atoms with E-state index in [1.807, 2.05) is 6.07 Å². The van der Waals surface area contributed by atoms with Gasteiger partial charge in [0.25, 0.3) is 15.5 Å². The van der Waals surface area contributed by atoms with Crippen LogP contribution in [-0.4, -0.2) is 42.1 Å². The Balaban J connectivity index is 1.87. The second-order valence-corrected chi connectivity index (χ2v) is 8.07. The standard InChI is InChI=1S/C15H15F3N4O4S/c16-15(17,18)27(25,26)11-1-2-13(14(9-11)22(23)24)21-7-4-10(5-8-21)12-3-6-19-20-12/h1-3,6,9-10H,4-5,7-8H2,(H,19,20). The molecule has 0 amide bonds. The lowest BCUT2D eigenvalue weighted by molar-refractivity contribution is -0.384. The van der Waals surface area contributed by atoms with Crippen molar-refractivity contribution in [3.8, 4) is 0 Å². The minimum Gasteiger partial charge on any atom is -0.366 e. The van der Waals surface area contributed by atoms with Crippen molar-refractivity contribution < 1.29 is 26.5 Å². The molecule has 1 aliphatic heterocycles. The van der Waals surface area contributed by atoms with Crippen LogP contribution in [0, 0.1) is 10.1 Å². The Kier molecular flexibility index (Phi) is 4.84. The van der Waals surface area contributed by atoms with Crippen LogP contribution in [-0.2, 0) is 9.84 Å². The molecule has 0 radical (unpaired) electrons. The number of benzene rings is 1. The molecule has 27 heavy (non-hydrogen) atoms. The molecule has 0 spiro atoms. The van der Waals surface area contributed by atoms with E-state index in [4.69, 9.17) is 0 Å². The lowest BCUT2D eigenvalue weighted by Crippen LogP contribution is -2.33. The summed E-state index contributed by atoms with van der Waals surface area (Å²) in [7, 11) is -5.65. The molecule has 1 aliphatic rings. The van der Waals surface area contributed by atoms with Crippen molar-refractivity contribution in [2.24, 2.45) is 0 Å². The molecule has 1 aromatic heterocycles. The van der Waals surface area contributed by atoms with Gasteiger partial charge in [-0.25, -0.2) is 8.42 Å². The van der Waals surface area contributed by atoms with E-state index in [9.17, 15) is 31.7 Å². The zero-order valence-corrected chi connectivity index (χ0v) is 14.6. The van der Waals surface area contributed by atoms with E-state index in [0.29, 0.717) is 32.0 Å². The van der Waals surface area contributed by atoms with Crippen molar-refractivity contribution in [1.82, 2.24) is 10.2 Å². The number of rotatable bonds is 4. The first-order chi connectivity index (χ1) is 12.6. The van der Waals surface area contributed by atoms with Crippen LogP contribution in [0.15, 0.2) is 35.4 Å². The third-order valence-electron chi connectivity index (χ3n) is 4.56. The average molecular weight is 404 g/mol. The Labute approximate surface area is 152 Å². The molecule has 146 valence electrons. The summed E-state index contributed by atoms with van der Waals surface area (Å²) in [6.07, 6.45) is 2.97. The number of nitrogens with zero attached hydrogens (tertiary/aromatic N) is 3. The Morgan fingerprint density at radius 2 is 1.89 bits per heavy atom. The number of nitrogens with one attached hydrogen (secondary N) is 1. The fraction of sp³-hybridized carbons (Fsp3) is 0.400. The molecule has 12 heteroatoms. The van der Waals surface area contributed by atoms with Crippen molar-refractivity contribution in [3.05, 3.63) is 46.3 Å². The highest BCUT2D eigenvalue weighted by molar-refractivity contribution is 7.92. The van der Waals surface area contributed by atoms with E-state index in [1.54, 1.807) is 11.1 Å². The van der Waals surface area contributed by atoms with Gasteiger partial charge in [0.1, 0.15) is 5.69 Å². The summed E-state index contributed by atoms with van der Waals surface area (Å²) in [6, 6.07) is 4.14.